The summed E-state index contributed by atoms with van der Waals surface area (Å²) in [6.07, 6.45) is 0. The summed E-state index contributed by atoms with van der Waals surface area (Å²) in [5.41, 5.74) is 0.815. The fourth-order valence-corrected chi connectivity index (χ4v) is 3.84. The molecule has 9 heteroatoms. The van der Waals surface area contributed by atoms with Crippen LogP contribution in [0.5, 0.6) is 5.75 Å². The number of carbonyl (C=O) groups is 1. The third kappa shape index (κ3) is 5.31. The lowest BCUT2D eigenvalue weighted by Gasteiger charge is -2.25. The zero-order valence-corrected chi connectivity index (χ0v) is 18.0. The van der Waals surface area contributed by atoms with Crippen molar-refractivity contribution in [2.24, 2.45) is 0 Å². The highest BCUT2D eigenvalue weighted by Gasteiger charge is 2.23. The molecule has 0 saturated heterocycles. The van der Waals surface area contributed by atoms with E-state index in [0.717, 1.165) is 4.31 Å². The molecule has 0 aromatic heterocycles. The Hall–Kier alpha value is -2.49. The molecule has 1 N–H and O–H groups in total. The van der Waals surface area contributed by atoms with E-state index in [2.05, 4.69) is 5.32 Å². The number of ether oxygens (including phenoxy) is 1. The van der Waals surface area contributed by atoms with E-state index in [1.807, 2.05) is 0 Å². The van der Waals surface area contributed by atoms with Crippen LogP contribution < -0.4 is 10.1 Å². The summed E-state index contributed by atoms with van der Waals surface area (Å²) in [4.78, 5) is 14.1. The Morgan fingerprint density at radius 2 is 1.83 bits per heavy atom. The summed E-state index contributed by atoms with van der Waals surface area (Å²) in [5.74, 6) is -0.503. The summed E-state index contributed by atoms with van der Waals surface area (Å²) >= 11 is 0. The predicted molar refractivity (Wildman–Crippen MR) is 110 cm³/mol. The molecule has 2 rings (SSSR count). The van der Waals surface area contributed by atoms with Crippen LogP contribution in [0.4, 0.5) is 10.1 Å². The van der Waals surface area contributed by atoms with Crippen LogP contribution in [0.2, 0.25) is 0 Å². The lowest BCUT2D eigenvalue weighted by Crippen LogP contribution is -2.32. The lowest BCUT2D eigenvalue weighted by molar-refractivity contribution is -0.117. The molecular weight excluding hydrogens is 397 g/mol. The van der Waals surface area contributed by atoms with Crippen LogP contribution in [0.15, 0.2) is 47.4 Å². The second-order valence-corrected chi connectivity index (χ2v) is 8.93. The third-order valence-corrected chi connectivity index (χ3v) is 6.45. The molecule has 158 valence electrons. The molecule has 0 bridgehead atoms. The lowest BCUT2D eigenvalue weighted by atomic mass is 10.1. The summed E-state index contributed by atoms with van der Waals surface area (Å²) < 4.78 is 45.2. The molecule has 0 saturated carbocycles. The predicted octanol–water partition coefficient (Wildman–Crippen LogP) is 2.72. The van der Waals surface area contributed by atoms with E-state index in [1.54, 1.807) is 43.1 Å². The molecule has 1 unspecified atom stereocenters. The van der Waals surface area contributed by atoms with Crippen molar-refractivity contribution in [3.63, 3.8) is 0 Å². The highest BCUT2D eigenvalue weighted by Crippen LogP contribution is 2.29. The summed E-state index contributed by atoms with van der Waals surface area (Å²) in [6, 6.07) is 10.5. The van der Waals surface area contributed by atoms with E-state index in [1.165, 1.54) is 39.4 Å². The molecule has 1 atom stereocenters. The molecule has 1 amide bonds. The van der Waals surface area contributed by atoms with E-state index >= 15 is 0 Å². The molecule has 0 fully saturated rings. The molecule has 0 heterocycles. The van der Waals surface area contributed by atoms with Gasteiger partial charge in [-0.15, -0.1) is 0 Å². The first-order chi connectivity index (χ1) is 13.6. The van der Waals surface area contributed by atoms with Gasteiger partial charge in [-0.05, 0) is 38.2 Å². The number of methoxy groups -OCH3 is 1. The highest BCUT2D eigenvalue weighted by atomic mass is 32.2. The van der Waals surface area contributed by atoms with E-state index in [-0.39, 0.29) is 35.0 Å². The van der Waals surface area contributed by atoms with Gasteiger partial charge in [0.25, 0.3) is 0 Å². The first-order valence-corrected chi connectivity index (χ1v) is 10.4. The number of rotatable bonds is 8. The molecule has 0 aliphatic carbocycles. The minimum atomic E-state index is -3.75. The number of amides is 1. The smallest absolute Gasteiger partial charge is 0.246 e. The maximum atomic E-state index is 14.0. The van der Waals surface area contributed by atoms with E-state index in [4.69, 9.17) is 4.74 Å². The Balaban J connectivity index is 2.16. The molecule has 0 spiro atoms. The maximum absolute atomic E-state index is 14.0. The quantitative estimate of drug-likeness (QED) is 0.706. The van der Waals surface area contributed by atoms with Gasteiger partial charge in [0, 0.05) is 31.4 Å². The van der Waals surface area contributed by atoms with Crippen molar-refractivity contribution in [3.05, 3.63) is 53.8 Å². The van der Waals surface area contributed by atoms with E-state index < -0.39 is 10.0 Å². The standard InChI is InChI=1S/C20H26FN3O4S/c1-14(16-8-6-7-9-17(16)21)24(4)13-20(25)22-15-10-11-18(28-5)19(12-15)29(26,27)23(2)3/h6-12,14H,13H2,1-5H3,(H,22,25). The van der Waals surface area contributed by atoms with Crippen LogP contribution in [0.25, 0.3) is 0 Å². The Bertz CT molecular complexity index is 979. The first kappa shape index (κ1) is 22.8. The third-order valence-electron chi connectivity index (χ3n) is 4.62. The molecule has 0 aliphatic rings. The Kier molecular flexibility index (Phi) is 7.34. The number of benzene rings is 2. The van der Waals surface area contributed by atoms with Gasteiger partial charge in [-0.2, -0.15) is 0 Å². The zero-order chi connectivity index (χ0) is 21.8. The number of hydrogen-bond acceptors (Lipinski definition) is 5. The van der Waals surface area contributed by atoms with Gasteiger partial charge in [0.15, 0.2) is 0 Å². The normalized spacial score (nSPS) is 12.8. The van der Waals surface area contributed by atoms with Gasteiger partial charge in [0.05, 0.1) is 13.7 Å². The number of sulfonamides is 1. The largest absolute Gasteiger partial charge is 0.495 e. The molecule has 7 nitrogen and oxygen atoms in total. The Morgan fingerprint density at radius 1 is 1.17 bits per heavy atom. The van der Waals surface area contributed by atoms with Crippen molar-refractivity contribution in [1.29, 1.82) is 0 Å². The van der Waals surface area contributed by atoms with Crippen LogP contribution in [0.1, 0.15) is 18.5 Å². The van der Waals surface area contributed by atoms with Gasteiger partial charge < -0.3 is 10.1 Å². The fourth-order valence-electron chi connectivity index (χ4n) is 2.77. The van der Waals surface area contributed by atoms with Gasteiger partial charge in [-0.3, -0.25) is 9.69 Å². The van der Waals surface area contributed by atoms with Crippen molar-refractivity contribution >= 4 is 21.6 Å². The second-order valence-electron chi connectivity index (χ2n) is 6.81. The van der Waals surface area contributed by atoms with Gasteiger partial charge in [0.1, 0.15) is 16.5 Å². The molecule has 0 aliphatic heterocycles. The van der Waals surface area contributed by atoms with Crippen molar-refractivity contribution < 1.29 is 22.3 Å². The summed E-state index contributed by atoms with van der Waals surface area (Å²) in [7, 11) is 2.17. The Morgan fingerprint density at radius 3 is 2.41 bits per heavy atom. The molecule has 29 heavy (non-hydrogen) atoms. The number of hydrogen-bond donors (Lipinski definition) is 1. The average molecular weight is 424 g/mol. The van der Waals surface area contributed by atoms with Gasteiger partial charge in [0.2, 0.25) is 15.9 Å². The van der Waals surface area contributed by atoms with Crippen molar-refractivity contribution in [3.8, 4) is 5.75 Å². The first-order valence-electron chi connectivity index (χ1n) is 8.93. The number of nitrogens with zero attached hydrogens (tertiary/aromatic N) is 2. The van der Waals surface area contributed by atoms with Crippen LogP contribution in [0.3, 0.4) is 0 Å². The average Bonchev–Trinajstić information content (AvgIpc) is 2.67. The van der Waals surface area contributed by atoms with Gasteiger partial charge in [-0.25, -0.2) is 17.1 Å². The second kappa shape index (κ2) is 9.34. The fraction of sp³-hybridized carbons (Fsp3) is 0.350. The minimum Gasteiger partial charge on any atom is -0.495 e. The molecule has 2 aromatic carbocycles. The monoisotopic (exact) mass is 423 g/mol. The number of halogens is 1. The molecule has 2 aromatic rings. The Labute approximate surface area is 171 Å². The van der Waals surface area contributed by atoms with Crippen LogP contribution in [-0.2, 0) is 14.8 Å². The maximum Gasteiger partial charge on any atom is 0.246 e. The molecule has 0 radical (unpaired) electrons. The van der Waals surface area contributed by atoms with Crippen molar-refractivity contribution in [2.75, 3.05) is 40.1 Å². The van der Waals surface area contributed by atoms with Crippen molar-refractivity contribution in [1.82, 2.24) is 9.21 Å². The number of carbonyl (C=O) groups excluding carboxylic acids is 1. The molecular formula is C20H26FN3O4S. The minimum absolute atomic E-state index is 0.00268. The highest BCUT2D eigenvalue weighted by molar-refractivity contribution is 7.89. The summed E-state index contributed by atoms with van der Waals surface area (Å²) in [6.45, 7) is 1.80. The number of anilines is 1. The summed E-state index contributed by atoms with van der Waals surface area (Å²) in [5, 5.41) is 2.68. The number of nitrogens with one attached hydrogen (secondary N) is 1. The van der Waals surface area contributed by atoms with E-state index in [9.17, 15) is 17.6 Å². The van der Waals surface area contributed by atoms with Gasteiger partial charge in [-0.1, -0.05) is 18.2 Å². The topological polar surface area (TPSA) is 79.0 Å². The van der Waals surface area contributed by atoms with Gasteiger partial charge >= 0.3 is 0 Å². The zero-order valence-electron chi connectivity index (χ0n) is 17.1. The van der Waals surface area contributed by atoms with Crippen LogP contribution in [-0.4, -0.2) is 58.3 Å². The SMILES string of the molecule is COc1ccc(NC(=O)CN(C)C(C)c2ccccc2F)cc1S(=O)(=O)N(C)C. The number of likely N-dealkylation sites (N-methyl/N-ethyl adjacent to an activating group) is 1. The van der Waals surface area contributed by atoms with Crippen LogP contribution in [0, 0.1) is 5.82 Å². The van der Waals surface area contributed by atoms with E-state index in [0.29, 0.717) is 11.3 Å². The van der Waals surface area contributed by atoms with Crippen molar-refractivity contribution in [2.45, 2.75) is 17.9 Å². The van der Waals surface area contributed by atoms with Crippen LogP contribution >= 0.6 is 0 Å².